The van der Waals surface area contributed by atoms with E-state index in [0.29, 0.717) is 0 Å². The van der Waals surface area contributed by atoms with Gasteiger partial charge in [-0.25, -0.2) is 0 Å². The highest BCUT2D eigenvalue weighted by Gasteiger charge is 1.86. The van der Waals surface area contributed by atoms with E-state index in [9.17, 15) is 0 Å². The fraction of sp³-hybridized carbons (Fsp3) is 0.474. The second-order valence-electron chi connectivity index (χ2n) is 8.72. The third kappa shape index (κ3) is 40.6. The van der Waals surface area contributed by atoms with Gasteiger partial charge in [0, 0.05) is 0 Å². The first-order valence-electron chi connectivity index (χ1n) is 14.7. The van der Waals surface area contributed by atoms with Crippen LogP contribution in [0, 0.1) is 13.8 Å². The van der Waals surface area contributed by atoms with Crippen LogP contribution in [0.25, 0.3) is 0 Å². The van der Waals surface area contributed by atoms with Crippen molar-refractivity contribution in [2.45, 2.75) is 122 Å². The molecule has 0 spiro atoms. The summed E-state index contributed by atoms with van der Waals surface area (Å²) >= 11 is 0. The third-order valence-electron chi connectivity index (χ3n) is 4.42. The molecule has 0 atom stereocenters. The van der Waals surface area contributed by atoms with Crippen LogP contribution in [-0.2, 0) is 12.8 Å². The summed E-state index contributed by atoms with van der Waals surface area (Å²) in [7, 11) is 0. The molecule has 0 saturated heterocycles. The summed E-state index contributed by atoms with van der Waals surface area (Å²) in [6.45, 7) is 38.4. The molecule has 0 aliphatic heterocycles. The van der Waals surface area contributed by atoms with Gasteiger partial charge in [-0.15, -0.1) is 19.7 Å². The van der Waals surface area contributed by atoms with Crippen LogP contribution in [0.4, 0.5) is 0 Å². The van der Waals surface area contributed by atoms with E-state index >= 15 is 0 Å². The molecular weight excluding hydrogens is 456 g/mol. The maximum Gasteiger partial charge on any atom is -0.0307 e. The average Bonchev–Trinajstić information content (AvgIpc) is 2.93. The Bertz CT molecular complexity index is 692. The van der Waals surface area contributed by atoms with Crippen molar-refractivity contribution in [3.05, 3.63) is 120 Å². The van der Waals surface area contributed by atoms with Crippen molar-refractivity contribution in [2.75, 3.05) is 0 Å². The minimum atomic E-state index is 1.11. The Labute approximate surface area is 241 Å². The van der Waals surface area contributed by atoms with Crippen LogP contribution in [0.15, 0.2) is 98.1 Å². The van der Waals surface area contributed by atoms with E-state index in [1.54, 1.807) is 0 Å². The Morgan fingerprint density at radius 1 is 0.684 bits per heavy atom. The Morgan fingerprint density at radius 3 is 1.16 bits per heavy atom. The molecule has 218 valence electrons. The summed E-state index contributed by atoms with van der Waals surface area (Å²) in [5.41, 5.74) is 8.05. The Balaban J connectivity index is -0.000000121. The maximum atomic E-state index is 3.72. The first kappa shape index (κ1) is 45.3. The summed E-state index contributed by atoms with van der Waals surface area (Å²) < 4.78 is 0. The Kier molecular flexibility index (Phi) is 46.4. The Hall–Kier alpha value is -2.60. The number of benzene rings is 2. The standard InChI is InChI=1S/2C9H12.C9H16.C4H8.C3H8.C2H6.C2H4/c2*1-3-9-6-4-8(2)5-7-9;1-4-7-8-9(5-2)6-3;1-4(2)3;1-3-2;2*1-2/h2*4-7H,3H2,1-2H3;5,8H,2,4,6-7H2,1,3H3;1H2,2-3H3;3H2,1-2H3;1-2H3;1-2H2/b;;9-8+;;;;. The van der Waals surface area contributed by atoms with Crippen LogP contribution in [0.1, 0.15) is 117 Å². The molecule has 0 aliphatic rings. The monoisotopic (exact) mass is 523 g/mol. The molecule has 0 nitrogen and oxygen atoms in total. The average molecular weight is 523 g/mol. The first-order chi connectivity index (χ1) is 18.1. The van der Waals surface area contributed by atoms with E-state index in [4.69, 9.17) is 0 Å². The fourth-order valence-corrected chi connectivity index (χ4v) is 2.35. The summed E-state index contributed by atoms with van der Waals surface area (Å²) in [5, 5.41) is 0. The van der Waals surface area contributed by atoms with Crippen LogP contribution in [0.2, 0.25) is 0 Å². The zero-order chi connectivity index (χ0) is 30.8. The zero-order valence-corrected chi connectivity index (χ0v) is 27.8. The number of unbranched alkanes of at least 4 members (excludes halogenated alkanes) is 1. The van der Waals surface area contributed by atoms with E-state index in [1.165, 1.54) is 52.7 Å². The smallest absolute Gasteiger partial charge is 0.0307 e. The lowest BCUT2D eigenvalue weighted by Crippen LogP contribution is -1.77. The molecule has 2 aromatic carbocycles. The summed E-state index contributed by atoms with van der Waals surface area (Å²) in [6, 6.07) is 17.3. The summed E-state index contributed by atoms with van der Waals surface area (Å²) in [5.74, 6) is 0. The van der Waals surface area contributed by atoms with E-state index in [-0.39, 0.29) is 0 Å². The molecular formula is C38H66. The van der Waals surface area contributed by atoms with Crippen molar-refractivity contribution in [3.8, 4) is 0 Å². The van der Waals surface area contributed by atoms with Crippen molar-refractivity contribution in [1.29, 1.82) is 0 Å². The van der Waals surface area contributed by atoms with Crippen molar-refractivity contribution in [3.63, 3.8) is 0 Å². The number of hydrogen-bond acceptors (Lipinski definition) is 0. The quantitative estimate of drug-likeness (QED) is 0.261. The first-order valence-corrected chi connectivity index (χ1v) is 14.7. The maximum absolute atomic E-state index is 3.72. The Morgan fingerprint density at radius 2 is 0.974 bits per heavy atom. The molecule has 0 saturated carbocycles. The molecule has 0 amide bonds. The van der Waals surface area contributed by atoms with Crippen molar-refractivity contribution < 1.29 is 0 Å². The van der Waals surface area contributed by atoms with Gasteiger partial charge in [0.2, 0.25) is 0 Å². The summed E-state index contributed by atoms with van der Waals surface area (Å²) in [4.78, 5) is 0. The van der Waals surface area contributed by atoms with Crippen LogP contribution in [0.3, 0.4) is 0 Å². The van der Waals surface area contributed by atoms with Gasteiger partial charge in [-0.2, -0.15) is 0 Å². The normalized spacial score (nSPS) is 8.68. The number of allylic oxidation sites excluding steroid dienone is 4. The lowest BCUT2D eigenvalue weighted by Gasteiger charge is -1.94. The van der Waals surface area contributed by atoms with Gasteiger partial charge < -0.3 is 0 Å². The lowest BCUT2D eigenvalue weighted by molar-refractivity contribution is 0.942. The molecule has 0 radical (unpaired) electrons. The number of rotatable bonds is 6. The van der Waals surface area contributed by atoms with Crippen molar-refractivity contribution in [1.82, 2.24) is 0 Å². The van der Waals surface area contributed by atoms with Crippen LogP contribution in [-0.4, -0.2) is 0 Å². The molecule has 0 heteroatoms. The second-order valence-corrected chi connectivity index (χ2v) is 8.72. The van der Waals surface area contributed by atoms with Crippen LogP contribution < -0.4 is 0 Å². The van der Waals surface area contributed by atoms with Gasteiger partial charge in [-0.3, -0.25) is 0 Å². The van der Waals surface area contributed by atoms with E-state index in [2.05, 4.69) is 136 Å². The van der Waals surface area contributed by atoms with Crippen LogP contribution >= 0.6 is 0 Å². The van der Waals surface area contributed by atoms with Gasteiger partial charge in [0.05, 0.1) is 0 Å². The van der Waals surface area contributed by atoms with Gasteiger partial charge in [-0.05, 0) is 64.5 Å². The molecule has 0 heterocycles. The van der Waals surface area contributed by atoms with E-state index in [1.807, 2.05) is 33.8 Å². The highest BCUT2D eigenvalue weighted by atomic mass is 13.9. The third-order valence-corrected chi connectivity index (χ3v) is 4.42. The topological polar surface area (TPSA) is 0 Å². The number of hydrogen-bond donors (Lipinski definition) is 0. The molecule has 0 unspecified atom stereocenters. The van der Waals surface area contributed by atoms with Crippen molar-refractivity contribution in [2.24, 2.45) is 0 Å². The molecule has 0 bridgehead atoms. The summed E-state index contributed by atoms with van der Waals surface area (Å²) in [6.07, 6.45) is 11.3. The lowest BCUT2D eigenvalue weighted by atomic mass is 10.1. The van der Waals surface area contributed by atoms with E-state index in [0.717, 1.165) is 19.3 Å². The van der Waals surface area contributed by atoms with Crippen LogP contribution in [0.5, 0.6) is 0 Å². The van der Waals surface area contributed by atoms with E-state index < -0.39 is 0 Å². The predicted molar refractivity (Wildman–Crippen MR) is 184 cm³/mol. The van der Waals surface area contributed by atoms with Gasteiger partial charge in [0.15, 0.2) is 0 Å². The highest BCUT2D eigenvalue weighted by molar-refractivity contribution is 5.21. The minimum Gasteiger partial charge on any atom is -0.106 e. The zero-order valence-electron chi connectivity index (χ0n) is 27.8. The largest absolute Gasteiger partial charge is 0.106 e. The molecule has 2 aromatic rings. The molecule has 0 N–H and O–H groups in total. The molecule has 0 aromatic heterocycles. The predicted octanol–water partition coefficient (Wildman–Crippen LogP) is 13.3. The molecule has 0 fully saturated rings. The van der Waals surface area contributed by atoms with Gasteiger partial charge in [-0.1, -0.05) is 158 Å². The second kappa shape index (κ2) is 38.9. The van der Waals surface area contributed by atoms with Gasteiger partial charge >= 0.3 is 0 Å². The molecule has 38 heavy (non-hydrogen) atoms. The fourth-order valence-electron chi connectivity index (χ4n) is 2.35. The highest BCUT2D eigenvalue weighted by Crippen LogP contribution is 2.04. The van der Waals surface area contributed by atoms with Gasteiger partial charge in [0.25, 0.3) is 0 Å². The van der Waals surface area contributed by atoms with Gasteiger partial charge in [0.1, 0.15) is 0 Å². The SMILES string of the molecule is C=C.C=C(C)C.C=C/C(=C\CCC)CC.CC.CCC.CCc1ccc(C)cc1.CCc1ccc(C)cc1. The molecule has 0 aliphatic carbocycles. The van der Waals surface area contributed by atoms with Crippen molar-refractivity contribution >= 4 is 0 Å². The minimum absolute atomic E-state index is 1.11. The molecule has 2 rings (SSSR count). The number of aryl methyl sites for hydroxylation is 4.